The third-order valence-electron chi connectivity index (χ3n) is 1.95. The maximum Gasteiger partial charge on any atom is 0.387 e. The van der Waals surface area contributed by atoms with E-state index in [0.717, 1.165) is 5.57 Å². The van der Waals surface area contributed by atoms with E-state index in [4.69, 9.17) is 5.73 Å². The molecule has 0 bridgehead atoms. The molecule has 0 radical (unpaired) electrons. The second-order valence-electron chi connectivity index (χ2n) is 3.00. The molecular weight excluding hydrogens is 200 g/mol. The Labute approximate surface area is 87.4 Å². The average Bonchev–Trinajstić information content (AvgIpc) is 2.18. The lowest BCUT2D eigenvalue weighted by Crippen LogP contribution is -2.04. The first-order chi connectivity index (χ1) is 7.15. The van der Waals surface area contributed by atoms with E-state index in [9.17, 15) is 8.78 Å². The monoisotopic (exact) mass is 213 g/mol. The van der Waals surface area contributed by atoms with Crippen LogP contribution in [0.2, 0.25) is 0 Å². The molecule has 0 unspecified atom stereocenters. The maximum atomic E-state index is 12.1. The Kier molecular flexibility index (Phi) is 4.24. The second kappa shape index (κ2) is 5.46. The molecule has 0 spiro atoms. The Balaban J connectivity index is 3.00. The van der Waals surface area contributed by atoms with Crippen LogP contribution in [0.1, 0.15) is 12.5 Å². The highest BCUT2D eigenvalue weighted by molar-refractivity contribution is 5.69. The van der Waals surface area contributed by atoms with E-state index in [1.165, 1.54) is 6.07 Å². The van der Waals surface area contributed by atoms with Gasteiger partial charge in [0.05, 0.1) is 0 Å². The van der Waals surface area contributed by atoms with Crippen molar-refractivity contribution in [3.05, 3.63) is 35.9 Å². The molecule has 1 rings (SSSR count). The third-order valence-corrected chi connectivity index (χ3v) is 1.95. The molecule has 0 aliphatic rings. The standard InChI is InChI=1S/C11H13F2NO/c1-8(6-7-14)9-4-2-3-5-10(9)15-11(12)13/h2-6,11H,7,14H2,1H3. The largest absolute Gasteiger partial charge is 0.434 e. The molecule has 82 valence electrons. The SMILES string of the molecule is CC(=CCN)c1ccccc1OC(F)F. The Bertz CT molecular complexity index is 350. The lowest BCUT2D eigenvalue weighted by molar-refractivity contribution is -0.0500. The van der Waals surface area contributed by atoms with Gasteiger partial charge in [0.2, 0.25) is 0 Å². The summed E-state index contributed by atoms with van der Waals surface area (Å²) < 4.78 is 28.6. The summed E-state index contributed by atoms with van der Waals surface area (Å²) in [5.41, 5.74) is 6.82. The van der Waals surface area contributed by atoms with Crippen LogP contribution in [-0.2, 0) is 0 Å². The van der Waals surface area contributed by atoms with Gasteiger partial charge in [-0.25, -0.2) is 0 Å². The fourth-order valence-corrected chi connectivity index (χ4v) is 1.28. The Morgan fingerprint density at radius 1 is 1.47 bits per heavy atom. The highest BCUT2D eigenvalue weighted by Gasteiger charge is 2.09. The number of halogens is 2. The number of para-hydroxylation sites is 1. The molecule has 0 aliphatic heterocycles. The topological polar surface area (TPSA) is 35.2 Å². The van der Waals surface area contributed by atoms with Gasteiger partial charge in [-0.05, 0) is 18.6 Å². The van der Waals surface area contributed by atoms with E-state index in [0.29, 0.717) is 12.1 Å². The van der Waals surface area contributed by atoms with Crippen molar-refractivity contribution in [1.82, 2.24) is 0 Å². The molecule has 4 heteroatoms. The zero-order chi connectivity index (χ0) is 11.3. The molecule has 15 heavy (non-hydrogen) atoms. The molecule has 1 aromatic rings. The minimum absolute atomic E-state index is 0.176. The molecule has 0 saturated carbocycles. The van der Waals surface area contributed by atoms with Crippen LogP contribution < -0.4 is 10.5 Å². The van der Waals surface area contributed by atoms with Crippen LogP contribution in [0, 0.1) is 0 Å². The summed E-state index contributed by atoms with van der Waals surface area (Å²) in [6.45, 7) is -0.633. The number of benzene rings is 1. The van der Waals surface area contributed by atoms with Gasteiger partial charge < -0.3 is 10.5 Å². The number of ether oxygens (including phenoxy) is 1. The Hall–Kier alpha value is -1.42. The van der Waals surface area contributed by atoms with Gasteiger partial charge in [0, 0.05) is 12.1 Å². The molecule has 0 heterocycles. The van der Waals surface area contributed by atoms with Gasteiger partial charge in [-0.2, -0.15) is 8.78 Å². The number of rotatable bonds is 4. The summed E-state index contributed by atoms with van der Waals surface area (Å²) in [4.78, 5) is 0. The van der Waals surface area contributed by atoms with Crippen LogP contribution in [0.25, 0.3) is 5.57 Å². The van der Waals surface area contributed by atoms with Crippen molar-refractivity contribution in [1.29, 1.82) is 0 Å². The van der Waals surface area contributed by atoms with Gasteiger partial charge in [0.1, 0.15) is 5.75 Å². The summed E-state index contributed by atoms with van der Waals surface area (Å²) in [6, 6.07) is 6.65. The number of nitrogens with two attached hydrogens (primary N) is 1. The molecule has 2 nitrogen and oxygen atoms in total. The molecule has 1 aromatic carbocycles. The van der Waals surface area contributed by atoms with Crippen molar-refractivity contribution in [3.8, 4) is 5.75 Å². The van der Waals surface area contributed by atoms with Crippen molar-refractivity contribution < 1.29 is 13.5 Å². The molecule has 0 amide bonds. The van der Waals surface area contributed by atoms with Gasteiger partial charge in [-0.15, -0.1) is 0 Å². The summed E-state index contributed by atoms with van der Waals surface area (Å²) >= 11 is 0. The molecular formula is C11H13F2NO. The van der Waals surface area contributed by atoms with Crippen molar-refractivity contribution in [2.75, 3.05) is 6.54 Å². The van der Waals surface area contributed by atoms with Crippen LogP contribution in [0.3, 0.4) is 0 Å². The average molecular weight is 213 g/mol. The molecule has 0 saturated heterocycles. The smallest absolute Gasteiger partial charge is 0.387 e. The third kappa shape index (κ3) is 3.32. The van der Waals surface area contributed by atoms with Crippen LogP contribution >= 0.6 is 0 Å². The van der Waals surface area contributed by atoms with Crippen LogP contribution in [0.5, 0.6) is 5.75 Å². The Morgan fingerprint density at radius 2 is 2.13 bits per heavy atom. The van der Waals surface area contributed by atoms with E-state index in [2.05, 4.69) is 4.74 Å². The van der Waals surface area contributed by atoms with Gasteiger partial charge in [-0.1, -0.05) is 24.3 Å². The number of hydrogen-bond acceptors (Lipinski definition) is 2. The first kappa shape index (κ1) is 11.7. The van der Waals surface area contributed by atoms with E-state index in [-0.39, 0.29) is 5.75 Å². The van der Waals surface area contributed by atoms with Crippen LogP contribution in [0.4, 0.5) is 8.78 Å². The van der Waals surface area contributed by atoms with E-state index < -0.39 is 6.61 Å². The minimum atomic E-state index is -2.81. The van der Waals surface area contributed by atoms with Crippen molar-refractivity contribution >= 4 is 5.57 Å². The van der Waals surface area contributed by atoms with Crippen molar-refractivity contribution in [2.24, 2.45) is 5.73 Å². The fourth-order valence-electron chi connectivity index (χ4n) is 1.28. The van der Waals surface area contributed by atoms with E-state index in [1.807, 2.05) is 0 Å². The summed E-state index contributed by atoms with van der Waals surface area (Å²) in [5, 5.41) is 0. The van der Waals surface area contributed by atoms with Gasteiger partial charge in [-0.3, -0.25) is 0 Å². The van der Waals surface area contributed by atoms with E-state index >= 15 is 0 Å². The van der Waals surface area contributed by atoms with Crippen LogP contribution in [0.15, 0.2) is 30.3 Å². The quantitative estimate of drug-likeness (QED) is 0.834. The summed E-state index contributed by atoms with van der Waals surface area (Å²) in [7, 11) is 0. The number of alkyl halides is 2. The normalized spacial score (nSPS) is 11.9. The zero-order valence-electron chi connectivity index (χ0n) is 8.41. The highest BCUT2D eigenvalue weighted by atomic mass is 19.3. The lowest BCUT2D eigenvalue weighted by atomic mass is 10.1. The Morgan fingerprint density at radius 3 is 2.73 bits per heavy atom. The zero-order valence-corrected chi connectivity index (χ0v) is 8.41. The van der Waals surface area contributed by atoms with Crippen molar-refractivity contribution in [3.63, 3.8) is 0 Å². The molecule has 0 aromatic heterocycles. The lowest BCUT2D eigenvalue weighted by Gasteiger charge is -2.10. The molecule has 0 atom stereocenters. The molecule has 0 aliphatic carbocycles. The first-order valence-corrected chi connectivity index (χ1v) is 4.56. The van der Waals surface area contributed by atoms with Gasteiger partial charge in [0.15, 0.2) is 0 Å². The van der Waals surface area contributed by atoms with Crippen LogP contribution in [-0.4, -0.2) is 13.2 Å². The molecule has 0 fully saturated rings. The highest BCUT2D eigenvalue weighted by Crippen LogP contribution is 2.26. The second-order valence-corrected chi connectivity index (χ2v) is 3.00. The van der Waals surface area contributed by atoms with Gasteiger partial charge in [0.25, 0.3) is 0 Å². The minimum Gasteiger partial charge on any atom is -0.434 e. The predicted molar refractivity (Wildman–Crippen MR) is 55.8 cm³/mol. The summed E-state index contributed by atoms with van der Waals surface area (Å²) in [5.74, 6) is 0.176. The van der Waals surface area contributed by atoms with E-state index in [1.54, 1.807) is 31.2 Å². The number of allylic oxidation sites excluding steroid dienone is 1. The fraction of sp³-hybridized carbons (Fsp3) is 0.273. The summed E-state index contributed by atoms with van der Waals surface area (Å²) in [6.07, 6.45) is 1.76. The maximum absolute atomic E-state index is 12.1. The number of hydrogen-bond donors (Lipinski definition) is 1. The molecule has 2 N–H and O–H groups in total. The van der Waals surface area contributed by atoms with Crippen molar-refractivity contribution in [2.45, 2.75) is 13.5 Å². The predicted octanol–water partition coefficient (Wildman–Crippen LogP) is 2.65. The first-order valence-electron chi connectivity index (χ1n) is 4.56. The van der Waals surface area contributed by atoms with Gasteiger partial charge >= 0.3 is 6.61 Å².